The highest BCUT2D eigenvalue weighted by molar-refractivity contribution is 5.89. The summed E-state index contributed by atoms with van der Waals surface area (Å²) < 4.78 is 0. The van der Waals surface area contributed by atoms with Crippen LogP contribution in [0.1, 0.15) is 48.9 Å². The van der Waals surface area contributed by atoms with Crippen molar-refractivity contribution in [3.05, 3.63) is 65.6 Å². The van der Waals surface area contributed by atoms with Crippen molar-refractivity contribution in [2.75, 3.05) is 0 Å². The van der Waals surface area contributed by atoms with E-state index < -0.39 is 12.1 Å². The van der Waals surface area contributed by atoms with E-state index in [1.807, 2.05) is 31.2 Å². The molecule has 2 heterocycles. The number of carbonyl (C=O) groups is 1. The topological polar surface area (TPSA) is 101 Å². The fourth-order valence-corrected chi connectivity index (χ4v) is 3.34. The number of nitrogens with one attached hydrogen (secondary N) is 1. The molecule has 6 nitrogen and oxygen atoms in total. The van der Waals surface area contributed by atoms with Crippen molar-refractivity contribution in [2.24, 2.45) is 5.73 Å². The van der Waals surface area contributed by atoms with Crippen molar-refractivity contribution < 1.29 is 9.90 Å². The Bertz CT molecular complexity index is 959. The minimum atomic E-state index is -0.596. The minimum Gasteiger partial charge on any atom is -0.505 e. The number of benzene rings is 1. The first-order valence-corrected chi connectivity index (χ1v) is 9.56. The van der Waals surface area contributed by atoms with E-state index in [0.717, 1.165) is 29.4 Å². The Morgan fingerprint density at radius 1 is 1.29 bits per heavy atom. The largest absolute Gasteiger partial charge is 0.505 e. The molecule has 0 saturated carbocycles. The molecule has 0 aliphatic rings. The fraction of sp³-hybridized carbons (Fsp3) is 0.318. The van der Waals surface area contributed by atoms with Gasteiger partial charge >= 0.3 is 0 Å². The van der Waals surface area contributed by atoms with Gasteiger partial charge in [-0.05, 0) is 42.7 Å². The number of phenols is 1. The van der Waals surface area contributed by atoms with Crippen LogP contribution in [0, 0.1) is 6.92 Å². The summed E-state index contributed by atoms with van der Waals surface area (Å²) in [4.78, 5) is 21.2. The van der Waals surface area contributed by atoms with E-state index in [1.165, 1.54) is 0 Å². The zero-order chi connectivity index (χ0) is 20.1. The maximum Gasteiger partial charge on any atom is 0.237 e. The first-order chi connectivity index (χ1) is 13.5. The van der Waals surface area contributed by atoms with E-state index >= 15 is 0 Å². The first kappa shape index (κ1) is 19.8. The van der Waals surface area contributed by atoms with Crippen LogP contribution in [0.3, 0.4) is 0 Å². The summed E-state index contributed by atoms with van der Waals surface area (Å²) in [5.74, 6) is -0.196. The third kappa shape index (κ3) is 4.12. The van der Waals surface area contributed by atoms with Crippen molar-refractivity contribution in [3.63, 3.8) is 0 Å². The van der Waals surface area contributed by atoms with Gasteiger partial charge in [-0.3, -0.25) is 14.8 Å². The summed E-state index contributed by atoms with van der Waals surface area (Å²) in [6.45, 7) is 4.02. The van der Waals surface area contributed by atoms with Crippen molar-refractivity contribution >= 4 is 16.8 Å². The van der Waals surface area contributed by atoms with Gasteiger partial charge in [0.1, 0.15) is 11.3 Å². The van der Waals surface area contributed by atoms with E-state index in [0.29, 0.717) is 17.5 Å². The SMILES string of the molecule is CCCCC(N)C(=O)NC(c1cccnc1)c1cc(C)c2cccnc2c1O. The summed E-state index contributed by atoms with van der Waals surface area (Å²) in [7, 11) is 0. The Morgan fingerprint density at radius 3 is 2.79 bits per heavy atom. The number of hydrogen-bond donors (Lipinski definition) is 3. The van der Waals surface area contributed by atoms with Gasteiger partial charge in [0.2, 0.25) is 5.91 Å². The number of fused-ring (bicyclic) bond motifs is 1. The maximum absolute atomic E-state index is 12.7. The van der Waals surface area contributed by atoms with E-state index in [1.54, 1.807) is 24.7 Å². The van der Waals surface area contributed by atoms with E-state index in [-0.39, 0.29) is 11.7 Å². The Balaban J connectivity index is 2.04. The first-order valence-electron chi connectivity index (χ1n) is 9.56. The van der Waals surface area contributed by atoms with Crippen LogP contribution in [0.15, 0.2) is 48.9 Å². The number of aromatic nitrogens is 2. The predicted octanol–water partition coefficient (Wildman–Crippen LogP) is 3.37. The van der Waals surface area contributed by atoms with E-state index in [4.69, 9.17) is 5.73 Å². The molecular weight excluding hydrogens is 352 g/mol. The van der Waals surface area contributed by atoms with Gasteiger partial charge in [0.05, 0.1) is 12.1 Å². The second kappa shape index (κ2) is 8.80. The zero-order valence-electron chi connectivity index (χ0n) is 16.2. The Hall–Kier alpha value is -2.99. The second-order valence-electron chi connectivity index (χ2n) is 7.01. The molecular formula is C22H26N4O2. The smallest absolute Gasteiger partial charge is 0.237 e. The van der Waals surface area contributed by atoms with Crippen LogP contribution in [0.25, 0.3) is 10.9 Å². The van der Waals surface area contributed by atoms with Crippen molar-refractivity contribution in [1.82, 2.24) is 15.3 Å². The van der Waals surface area contributed by atoms with Gasteiger partial charge in [-0.1, -0.05) is 31.9 Å². The Kier molecular flexibility index (Phi) is 6.21. The number of carbonyl (C=O) groups excluding carboxylic acids is 1. The molecule has 2 atom stereocenters. The molecule has 0 aliphatic heterocycles. The molecule has 2 unspecified atom stereocenters. The molecule has 0 aliphatic carbocycles. The number of aryl methyl sites for hydroxylation is 1. The van der Waals surface area contributed by atoms with Crippen LogP contribution < -0.4 is 11.1 Å². The molecule has 0 bridgehead atoms. The number of nitrogens with two attached hydrogens (primary N) is 1. The van der Waals surface area contributed by atoms with Crippen LogP contribution in [0.4, 0.5) is 0 Å². The summed E-state index contributed by atoms with van der Waals surface area (Å²) in [5, 5.41) is 14.8. The summed E-state index contributed by atoms with van der Waals surface area (Å²) in [6.07, 6.45) is 7.47. The standard InChI is InChI=1S/C22H26N4O2/c1-3-4-9-18(23)22(28)26-19(15-7-5-10-24-13-15)17-12-14(2)16-8-6-11-25-20(16)21(17)27/h5-8,10-13,18-19,27H,3-4,9,23H2,1-2H3,(H,26,28). The third-order valence-corrected chi connectivity index (χ3v) is 4.92. The van der Waals surface area contributed by atoms with Crippen molar-refractivity contribution in [2.45, 2.75) is 45.2 Å². The number of pyridine rings is 2. The quantitative estimate of drug-likeness (QED) is 0.585. The molecule has 3 rings (SSSR count). The van der Waals surface area contributed by atoms with Gasteiger partial charge in [0, 0.05) is 29.5 Å². The molecule has 3 aromatic rings. The van der Waals surface area contributed by atoms with E-state index in [9.17, 15) is 9.90 Å². The maximum atomic E-state index is 12.7. The van der Waals surface area contributed by atoms with Crippen LogP contribution >= 0.6 is 0 Å². The molecule has 1 aromatic carbocycles. The van der Waals surface area contributed by atoms with Crippen LogP contribution in [0.2, 0.25) is 0 Å². The van der Waals surface area contributed by atoms with Gasteiger partial charge in [0.15, 0.2) is 0 Å². The van der Waals surface area contributed by atoms with Gasteiger partial charge < -0.3 is 16.2 Å². The second-order valence-corrected chi connectivity index (χ2v) is 7.01. The molecule has 6 heteroatoms. The molecule has 0 radical (unpaired) electrons. The highest BCUT2D eigenvalue weighted by Gasteiger charge is 2.25. The molecule has 146 valence electrons. The molecule has 0 fully saturated rings. The number of aromatic hydroxyl groups is 1. The third-order valence-electron chi connectivity index (χ3n) is 4.92. The summed E-state index contributed by atoms with van der Waals surface area (Å²) >= 11 is 0. The normalized spacial score (nSPS) is 13.2. The predicted molar refractivity (Wildman–Crippen MR) is 110 cm³/mol. The van der Waals surface area contributed by atoms with Gasteiger partial charge in [-0.2, -0.15) is 0 Å². The lowest BCUT2D eigenvalue weighted by atomic mass is 9.94. The number of nitrogens with zero attached hydrogens (tertiary/aromatic N) is 2. The molecule has 28 heavy (non-hydrogen) atoms. The Morgan fingerprint density at radius 2 is 2.07 bits per heavy atom. The average Bonchev–Trinajstić information content (AvgIpc) is 2.73. The molecule has 2 aromatic heterocycles. The number of hydrogen-bond acceptors (Lipinski definition) is 5. The van der Waals surface area contributed by atoms with Gasteiger partial charge in [-0.25, -0.2) is 0 Å². The summed E-state index contributed by atoms with van der Waals surface area (Å²) in [6, 6.07) is 8.14. The number of rotatable bonds is 7. The number of phenolic OH excluding ortho intramolecular Hbond substituents is 1. The zero-order valence-corrected chi connectivity index (χ0v) is 16.2. The molecule has 0 spiro atoms. The molecule has 0 saturated heterocycles. The van der Waals surface area contributed by atoms with Gasteiger partial charge in [-0.15, -0.1) is 0 Å². The minimum absolute atomic E-state index is 0.0532. The lowest BCUT2D eigenvalue weighted by Crippen LogP contribution is -2.42. The highest BCUT2D eigenvalue weighted by atomic mass is 16.3. The number of unbranched alkanes of at least 4 members (excludes halogenated alkanes) is 1. The lowest BCUT2D eigenvalue weighted by Gasteiger charge is -2.23. The monoisotopic (exact) mass is 378 g/mol. The van der Waals surface area contributed by atoms with Gasteiger partial charge in [0.25, 0.3) is 0 Å². The van der Waals surface area contributed by atoms with Crippen LogP contribution in [-0.4, -0.2) is 27.0 Å². The molecule has 4 N–H and O–H groups in total. The van der Waals surface area contributed by atoms with Crippen LogP contribution in [0.5, 0.6) is 5.75 Å². The van der Waals surface area contributed by atoms with Crippen molar-refractivity contribution in [3.8, 4) is 5.75 Å². The number of amides is 1. The fourth-order valence-electron chi connectivity index (χ4n) is 3.34. The van der Waals surface area contributed by atoms with Crippen molar-refractivity contribution in [1.29, 1.82) is 0 Å². The summed E-state index contributed by atoms with van der Waals surface area (Å²) in [5.41, 5.74) is 8.88. The Labute approximate surface area is 164 Å². The average molecular weight is 378 g/mol. The van der Waals surface area contributed by atoms with E-state index in [2.05, 4.69) is 22.2 Å². The lowest BCUT2D eigenvalue weighted by molar-refractivity contribution is -0.123. The molecule has 1 amide bonds. The van der Waals surface area contributed by atoms with Crippen LogP contribution in [-0.2, 0) is 4.79 Å². The highest BCUT2D eigenvalue weighted by Crippen LogP contribution is 2.36.